The van der Waals surface area contributed by atoms with E-state index in [0.29, 0.717) is 21.2 Å². The van der Waals surface area contributed by atoms with Crippen molar-refractivity contribution >= 4 is 29.0 Å². The van der Waals surface area contributed by atoms with Crippen LogP contribution in [0.3, 0.4) is 0 Å². The molecule has 1 heterocycles. The molecule has 3 nitrogen and oxygen atoms in total. The molecule has 0 aromatic heterocycles. The van der Waals surface area contributed by atoms with Crippen molar-refractivity contribution in [1.82, 2.24) is 5.32 Å². The molecule has 0 spiro atoms. The first-order valence-electron chi connectivity index (χ1n) is 7.29. The van der Waals surface area contributed by atoms with Gasteiger partial charge in [-0.05, 0) is 36.8 Å². The fraction of sp³-hybridized carbons (Fsp3) is 0.235. The number of halogens is 3. The molecule has 2 aromatic rings. The number of hydrogen-bond donors (Lipinski definition) is 1. The Balaban J connectivity index is 1.75. The number of amidine groups is 1. The van der Waals surface area contributed by atoms with Crippen LogP contribution >= 0.6 is 23.2 Å². The van der Waals surface area contributed by atoms with Crippen LogP contribution in [0.5, 0.6) is 5.75 Å². The van der Waals surface area contributed by atoms with Gasteiger partial charge in [0.15, 0.2) is 11.6 Å². The Morgan fingerprint density at radius 3 is 2.61 bits per heavy atom. The fourth-order valence-electron chi connectivity index (χ4n) is 2.31. The van der Waals surface area contributed by atoms with Gasteiger partial charge in [-0.3, -0.25) is 4.99 Å². The maximum absolute atomic E-state index is 14.2. The lowest BCUT2D eigenvalue weighted by Crippen LogP contribution is -2.30. The number of hydrogen-bond acceptors (Lipinski definition) is 3. The van der Waals surface area contributed by atoms with Crippen molar-refractivity contribution in [3.8, 4) is 5.75 Å². The summed E-state index contributed by atoms with van der Waals surface area (Å²) in [6.07, 6.45) is 0.992. The number of aliphatic imine (C=N–C) groups is 1. The zero-order chi connectivity index (χ0) is 16.2. The molecule has 0 fully saturated rings. The molecular weight excluding hydrogens is 338 g/mol. The van der Waals surface area contributed by atoms with Gasteiger partial charge in [-0.25, -0.2) is 4.39 Å². The van der Waals surface area contributed by atoms with Gasteiger partial charge in [-0.1, -0.05) is 29.3 Å². The van der Waals surface area contributed by atoms with Crippen molar-refractivity contribution in [2.24, 2.45) is 4.99 Å². The molecule has 3 rings (SSSR count). The van der Waals surface area contributed by atoms with Gasteiger partial charge in [-0.15, -0.1) is 0 Å². The molecule has 0 bridgehead atoms. The minimum atomic E-state index is -0.444. The standard InChI is InChI=1S/C17H15Cl2FN2O/c18-13-3-1-4-14(19)12(13)10-23-16-6-5-11(9-15(16)20)17-21-7-2-8-22-17/h1,3-6,9H,2,7-8,10H2,(H,21,22). The average Bonchev–Trinajstić information content (AvgIpc) is 2.56. The molecule has 120 valence electrons. The number of benzene rings is 2. The second kappa shape index (κ2) is 7.20. The molecule has 23 heavy (non-hydrogen) atoms. The zero-order valence-electron chi connectivity index (χ0n) is 12.3. The van der Waals surface area contributed by atoms with Crippen molar-refractivity contribution in [3.05, 3.63) is 63.4 Å². The third-order valence-electron chi connectivity index (χ3n) is 3.54. The third kappa shape index (κ3) is 3.77. The highest BCUT2D eigenvalue weighted by atomic mass is 35.5. The van der Waals surface area contributed by atoms with Crippen molar-refractivity contribution in [2.45, 2.75) is 13.0 Å². The molecule has 0 amide bonds. The van der Waals surface area contributed by atoms with Crippen molar-refractivity contribution < 1.29 is 9.13 Å². The first-order valence-corrected chi connectivity index (χ1v) is 8.04. The molecular formula is C17H15Cl2FN2O. The van der Waals surface area contributed by atoms with E-state index in [9.17, 15) is 4.39 Å². The summed E-state index contributed by atoms with van der Waals surface area (Å²) in [5, 5.41) is 4.15. The van der Waals surface area contributed by atoms with Crippen LogP contribution < -0.4 is 10.1 Å². The minimum absolute atomic E-state index is 0.105. The molecule has 0 unspecified atom stereocenters. The van der Waals surface area contributed by atoms with Gasteiger partial charge in [-0.2, -0.15) is 0 Å². The van der Waals surface area contributed by atoms with E-state index in [2.05, 4.69) is 10.3 Å². The first-order chi connectivity index (χ1) is 11.1. The third-order valence-corrected chi connectivity index (χ3v) is 4.24. The Bertz CT molecular complexity index is 729. The molecule has 0 aliphatic carbocycles. The normalized spacial score (nSPS) is 14.1. The molecule has 0 saturated carbocycles. The predicted octanol–water partition coefficient (Wildman–Crippen LogP) is 4.45. The highest BCUT2D eigenvalue weighted by Crippen LogP contribution is 2.27. The summed E-state index contributed by atoms with van der Waals surface area (Å²) in [6, 6.07) is 9.98. The molecule has 1 N–H and O–H groups in total. The van der Waals surface area contributed by atoms with Crippen LogP contribution in [0, 0.1) is 5.82 Å². The van der Waals surface area contributed by atoms with Gasteiger partial charge in [0.2, 0.25) is 0 Å². The number of ether oxygens (including phenoxy) is 1. The summed E-state index contributed by atoms with van der Waals surface area (Å²) in [7, 11) is 0. The Morgan fingerprint density at radius 2 is 1.96 bits per heavy atom. The van der Waals surface area contributed by atoms with Gasteiger partial charge in [0.25, 0.3) is 0 Å². The largest absolute Gasteiger partial charge is 0.486 e. The van der Waals surface area contributed by atoms with Crippen LogP contribution in [0.25, 0.3) is 0 Å². The Hall–Kier alpha value is -1.78. The zero-order valence-corrected chi connectivity index (χ0v) is 13.8. The van der Waals surface area contributed by atoms with Gasteiger partial charge in [0.05, 0.1) is 0 Å². The second-order valence-corrected chi connectivity index (χ2v) is 5.96. The summed E-state index contributed by atoms with van der Waals surface area (Å²) in [6.45, 7) is 1.71. The topological polar surface area (TPSA) is 33.6 Å². The van der Waals surface area contributed by atoms with Crippen molar-refractivity contribution in [3.63, 3.8) is 0 Å². The van der Waals surface area contributed by atoms with E-state index >= 15 is 0 Å². The first kappa shape index (κ1) is 16.1. The predicted molar refractivity (Wildman–Crippen MR) is 91.2 cm³/mol. The van der Waals surface area contributed by atoms with E-state index in [1.807, 2.05) is 0 Å². The SMILES string of the molecule is Fc1cc(C2=NCCCN2)ccc1OCc1c(Cl)cccc1Cl. The van der Waals surface area contributed by atoms with Crippen LogP contribution in [0.4, 0.5) is 4.39 Å². The van der Waals surface area contributed by atoms with E-state index in [-0.39, 0.29) is 12.4 Å². The lowest BCUT2D eigenvalue weighted by atomic mass is 10.1. The second-order valence-electron chi connectivity index (χ2n) is 5.14. The number of nitrogens with zero attached hydrogens (tertiary/aromatic N) is 1. The van der Waals surface area contributed by atoms with Gasteiger partial charge >= 0.3 is 0 Å². The van der Waals surface area contributed by atoms with E-state index in [1.165, 1.54) is 6.07 Å². The van der Waals surface area contributed by atoms with Crippen LogP contribution in [0.15, 0.2) is 41.4 Å². The van der Waals surface area contributed by atoms with Crippen molar-refractivity contribution in [2.75, 3.05) is 13.1 Å². The van der Waals surface area contributed by atoms with Crippen LogP contribution in [0.2, 0.25) is 10.0 Å². The lowest BCUT2D eigenvalue weighted by molar-refractivity contribution is 0.290. The smallest absolute Gasteiger partial charge is 0.165 e. The van der Waals surface area contributed by atoms with E-state index in [0.717, 1.165) is 25.3 Å². The highest BCUT2D eigenvalue weighted by Gasteiger charge is 2.12. The summed E-state index contributed by atoms with van der Waals surface area (Å²) in [5.74, 6) is 0.428. The Morgan fingerprint density at radius 1 is 1.17 bits per heavy atom. The average molecular weight is 353 g/mol. The van der Waals surface area contributed by atoms with Crippen LogP contribution in [-0.4, -0.2) is 18.9 Å². The van der Waals surface area contributed by atoms with E-state index < -0.39 is 5.82 Å². The molecule has 0 saturated heterocycles. The van der Waals surface area contributed by atoms with Crippen LogP contribution in [-0.2, 0) is 6.61 Å². The van der Waals surface area contributed by atoms with Crippen molar-refractivity contribution in [1.29, 1.82) is 0 Å². The van der Waals surface area contributed by atoms with Gasteiger partial charge < -0.3 is 10.1 Å². The summed E-state index contributed by atoms with van der Waals surface area (Å²) >= 11 is 12.2. The quantitative estimate of drug-likeness (QED) is 0.881. The lowest BCUT2D eigenvalue weighted by Gasteiger charge is -2.15. The summed E-state index contributed by atoms with van der Waals surface area (Å²) < 4.78 is 19.8. The molecule has 0 atom stereocenters. The van der Waals surface area contributed by atoms with Gasteiger partial charge in [0.1, 0.15) is 12.4 Å². The monoisotopic (exact) mass is 352 g/mol. The molecule has 0 radical (unpaired) electrons. The Labute approximate surface area is 144 Å². The molecule has 1 aliphatic heterocycles. The Kier molecular flexibility index (Phi) is 5.03. The number of nitrogens with one attached hydrogen (secondary N) is 1. The van der Waals surface area contributed by atoms with Gasteiger partial charge in [0, 0.05) is 34.3 Å². The highest BCUT2D eigenvalue weighted by molar-refractivity contribution is 6.35. The minimum Gasteiger partial charge on any atom is -0.486 e. The maximum atomic E-state index is 14.2. The summed E-state index contributed by atoms with van der Waals surface area (Å²) in [4.78, 5) is 4.35. The van der Waals surface area contributed by atoms with Crippen LogP contribution in [0.1, 0.15) is 17.5 Å². The number of rotatable bonds is 4. The summed E-state index contributed by atoms with van der Waals surface area (Å²) in [5.41, 5.74) is 1.35. The van der Waals surface area contributed by atoms with E-state index in [1.54, 1.807) is 30.3 Å². The molecule has 6 heteroatoms. The molecule has 2 aromatic carbocycles. The van der Waals surface area contributed by atoms with E-state index in [4.69, 9.17) is 27.9 Å². The fourth-order valence-corrected chi connectivity index (χ4v) is 2.82. The molecule has 1 aliphatic rings. The maximum Gasteiger partial charge on any atom is 0.165 e.